The summed E-state index contributed by atoms with van der Waals surface area (Å²) in [6.07, 6.45) is -9.85. The van der Waals surface area contributed by atoms with Gasteiger partial charge < -0.3 is 25.2 Å². The van der Waals surface area contributed by atoms with Crippen LogP contribution in [0.5, 0.6) is 0 Å². The Balaban J connectivity index is 5.05. The number of hydrogen-bond donors (Lipinski definition) is 5. The highest BCUT2D eigenvalue weighted by Crippen LogP contribution is 2.11. The van der Waals surface area contributed by atoms with Crippen LogP contribution in [0.2, 0.25) is 0 Å². The van der Waals surface area contributed by atoms with E-state index >= 15 is 0 Å². The van der Waals surface area contributed by atoms with Crippen molar-refractivity contribution in [2.24, 2.45) is 0 Å². The number of carboxylic acid groups (broad SMARTS) is 1. The number of aliphatic hydroxyl groups is 3. The summed E-state index contributed by atoms with van der Waals surface area (Å²) in [5, 5.41) is 35.3. The molecular formula is C6H10O10S. The molecule has 0 heterocycles. The largest absolute Gasteiger partial charge is 0.479 e. The smallest absolute Gasteiger partial charge is 0.397 e. The molecule has 0 saturated carbocycles. The lowest BCUT2D eigenvalue weighted by Crippen LogP contribution is -2.50. The number of aldehydes is 1. The predicted octanol–water partition coefficient (Wildman–Crippen LogP) is -3.46. The standard InChI is InChI=1S/C6H10O10S/c7-1-2(8)5(16-17(13,14)15)3(9)4(10)6(11)12/h1-5,8-10H,(H,11,12)(H,13,14,15)/t2-,3+,4-,5+/m0/s1. The summed E-state index contributed by atoms with van der Waals surface area (Å²) >= 11 is 0. The van der Waals surface area contributed by atoms with Crippen molar-refractivity contribution in [2.45, 2.75) is 24.4 Å². The van der Waals surface area contributed by atoms with Crippen LogP contribution in [-0.4, -0.2) is 70.1 Å². The maximum absolute atomic E-state index is 10.3. The van der Waals surface area contributed by atoms with Crippen molar-refractivity contribution in [3.05, 3.63) is 0 Å². The maximum atomic E-state index is 10.3. The van der Waals surface area contributed by atoms with Gasteiger partial charge in [-0.25, -0.2) is 8.98 Å². The van der Waals surface area contributed by atoms with Gasteiger partial charge in [0.05, 0.1) is 0 Å². The first-order chi connectivity index (χ1) is 7.60. The summed E-state index contributed by atoms with van der Waals surface area (Å²) in [5.74, 6) is -1.94. The van der Waals surface area contributed by atoms with Gasteiger partial charge >= 0.3 is 16.4 Å². The Morgan fingerprint density at radius 1 is 1.24 bits per heavy atom. The van der Waals surface area contributed by atoms with Crippen LogP contribution in [0.4, 0.5) is 0 Å². The second kappa shape index (κ2) is 6.00. The lowest BCUT2D eigenvalue weighted by atomic mass is 10.0. The van der Waals surface area contributed by atoms with Crippen molar-refractivity contribution in [3.63, 3.8) is 0 Å². The van der Waals surface area contributed by atoms with Crippen LogP contribution >= 0.6 is 0 Å². The molecule has 0 aliphatic carbocycles. The van der Waals surface area contributed by atoms with E-state index in [-0.39, 0.29) is 6.29 Å². The Bertz CT molecular complexity index is 374. The molecule has 0 aliphatic heterocycles. The Kier molecular flexibility index (Phi) is 5.60. The third-order valence-electron chi connectivity index (χ3n) is 1.62. The van der Waals surface area contributed by atoms with E-state index in [9.17, 15) is 18.0 Å². The molecule has 4 atom stereocenters. The van der Waals surface area contributed by atoms with Crippen molar-refractivity contribution in [1.29, 1.82) is 0 Å². The van der Waals surface area contributed by atoms with Crippen molar-refractivity contribution in [1.82, 2.24) is 0 Å². The van der Waals surface area contributed by atoms with E-state index in [0.717, 1.165) is 0 Å². The van der Waals surface area contributed by atoms with Crippen LogP contribution in [0.3, 0.4) is 0 Å². The Morgan fingerprint density at radius 2 is 1.71 bits per heavy atom. The Hall–Kier alpha value is -1.11. The van der Waals surface area contributed by atoms with Gasteiger partial charge in [-0.15, -0.1) is 0 Å². The normalized spacial score (nSPS) is 19.1. The summed E-state index contributed by atoms with van der Waals surface area (Å²) in [6, 6.07) is 0. The second-order valence-corrected chi connectivity index (χ2v) is 3.94. The molecule has 10 nitrogen and oxygen atoms in total. The molecule has 0 aromatic rings. The quantitative estimate of drug-likeness (QED) is 0.231. The van der Waals surface area contributed by atoms with Crippen LogP contribution in [0.1, 0.15) is 0 Å². The van der Waals surface area contributed by atoms with Crippen molar-refractivity contribution in [2.75, 3.05) is 0 Å². The predicted molar refractivity (Wildman–Crippen MR) is 48.1 cm³/mol. The average Bonchev–Trinajstić information content (AvgIpc) is 2.21. The summed E-state index contributed by atoms with van der Waals surface area (Å²) in [4.78, 5) is 20.5. The second-order valence-electron chi connectivity index (χ2n) is 2.89. The van der Waals surface area contributed by atoms with E-state index in [4.69, 9.17) is 25.0 Å². The average molecular weight is 274 g/mol. The van der Waals surface area contributed by atoms with Crippen LogP contribution < -0.4 is 0 Å². The molecule has 0 aromatic carbocycles. The number of hydrogen-bond acceptors (Lipinski definition) is 8. The fraction of sp³-hybridized carbons (Fsp3) is 0.667. The highest BCUT2D eigenvalue weighted by Gasteiger charge is 2.39. The molecular weight excluding hydrogens is 264 g/mol. The van der Waals surface area contributed by atoms with E-state index < -0.39 is 40.8 Å². The minimum atomic E-state index is -5.17. The summed E-state index contributed by atoms with van der Waals surface area (Å²) < 4.78 is 32.6. The molecule has 0 bridgehead atoms. The lowest BCUT2D eigenvalue weighted by Gasteiger charge is -2.24. The number of aliphatic carboxylic acids is 1. The van der Waals surface area contributed by atoms with Crippen LogP contribution in [0.25, 0.3) is 0 Å². The van der Waals surface area contributed by atoms with E-state index in [1.807, 2.05) is 0 Å². The lowest BCUT2D eigenvalue weighted by molar-refractivity contribution is -0.161. The topological polar surface area (TPSA) is 179 Å². The van der Waals surface area contributed by atoms with Crippen LogP contribution in [0.15, 0.2) is 0 Å². The molecule has 5 N–H and O–H groups in total. The van der Waals surface area contributed by atoms with Crippen molar-refractivity contribution < 1.29 is 47.2 Å². The molecule has 0 rings (SSSR count). The zero-order valence-corrected chi connectivity index (χ0v) is 8.89. The molecule has 0 aliphatic rings. The van der Waals surface area contributed by atoms with Gasteiger partial charge in [-0.1, -0.05) is 0 Å². The van der Waals surface area contributed by atoms with Gasteiger partial charge in [-0.05, 0) is 0 Å². The molecule has 0 spiro atoms. The van der Waals surface area contributed by atoms with Crippen molar-refractivity contribution >= 4 is 22.7 Å². The first-order valence-electron chi connectivity index (χ1n) is 3.98. The van der Waals surface area contributed by atoms with E-state index in [1.54, 1.807) is 0 Å². The number of rotatable bonds is 7. The van der Waals surface area contributed by atoms with Gasteiger partial charge in [-0.2, -0.15) is 8.42 Å². The Morgan fingerprint density at radius 3 is 2.00 bits per heavy atom. The minimum absolute atomic E-state index is 0.270. The van der Waals surface area contributed by atoms with Gasteiger partial charge in [0.2, 0.25) is 0 Å². The highest BCUT2D eigenvalue weighted by molar-refractivity contribution is 7.80. The molecule has 0 unspecified atom stereocenters. The molecule has 11 heteroatoms. The van der Waals surface area contributed by atoms with Gasteiger partial charge in [0.25, 0.3) is 0 Å². The maximum Gasteiger partial charge on any atom is 0.397 e. The van der Waals surface area contributed by atoms with Crippen LogP contribution in [0, 0.1) is 0 Å². The SMILES string of the molecule is O=C[C@H](O)[C@@H](OS(=O)(=O)O)[C@H](O)[C@H](O)C(=O)O. The van der Waals surface area contributed by atoms with Gasteiger partial charge in [0.1, 0.15) is 18.3 Å². The molecule has 17 heavy (non-hydrogen) atoms. The summed E-state index contributed by atoms with van der Waals surface area (Å²) in [7, 11) is -5.17. The van der Waals surface area contributed by atoms with E-state index in [0.29, 0.717) is 0 Å². The molecule has 0 amide bonds. The minimum Gasteiger partial charge on any atom is -0.479 e. The summed E-state index contributed by atoms with van der Waals surface area (Å²) in [5.41, 5.74) is 0. The first-order valence-corrected chi connectivity index (χ1v) is 5.34. The van der Waals surface area contributed by atoms with Crippen LogP contribution in [-0.2, 0) is 24.2 Å². The third-order valence-corrected chi connectivity index (χ3v) is 2.09. The van der Waals surface area contributed by atoms with Gasteiger partial charge in [-0.3, -0.25) is 4.55 Å². The molecule has 0 fully saturated rings. The Labute approximate surface area is 95.0 Å². The van der Waals surface area contributed by atoms with E-state index in [1.165, 1.54) is 0 Å². The molecule has 0 saturated heterocycles. The van der Waals surface area contributed by atoms with E-state index in [2.05, 4.69) is 4.18 Å². The fourth-order valence-corrected chi connectivity index (χ4v) is 1.37. The zero-order chi connectivity index (χ0) is 13.8. The molecule has 0 aromatic heterocycles. The number of carboxylic acids is 1. The molecule has 100 valence electrons. The van der Waals surface area contributed by atoms with Crippen molar-refractivity contribution in [3.8, 4) is 0 Å². The summed E-state index contributed by atoms with van der Waals surface area (Å²) in [6.45, 7) is 0. The fourth-order valence-electron chi connectivity index (χ4n) is 0.859. The highest BCUT2D eigenvalue weighted by atomic mass is 32.3. The number of aliphatic hydroxyl groups excluding tert-OH is 3. The van der Waals surface area contributed by atoms with Gasteiger partial charge in [0.15, 0.2) is 12.4 Å². The number of carbonyl (C=O) groups excluding carboxylic acids is 1. The first kappa shape index (κ1) is 15.9. The van der Waals surface area contributed by atoms with Gasteiger partial charge in [0, 0.05) is 0 Å². The molecule has 0 radical (unpaired) electrons. The third kappa shape index (κ3) is 5.16. The monoisotopic (exact) mass is 274 g/mol. The number of carbonyl (C=O) groups is 2. The zero-order valence-electron chi connectivity index (χ0n) is 8.07.